The minimum absolute atomic E-state index is 0.161. The summed E-state index contributed by atoms with van der Waals surface area (Å²) >= 11 is 0. The summed E-state index contributed by atoms with van der Waals surface area (Å²) in [5, 5.41) is 11.4. The molecule has 0 aliphatic rings. The molecule has 2 aromatic heterocycles. The van der Waals surface area contributed by atoms with E-state index in [1.807, 2.05) is 45.0 Å². The second-order valence-electron chi connectivity index (χ2n) is 9.45. The van der Waals surface area contributed by atoms with Crippen molar-refractivity contribution >= 4 is 34.5 Å². The maximum atomic E-state index is 14.0. The maximum absolute atomic E-state index is 14.0. The molecular weight excluding hydrogens is 484 g/mol. The number of fused-ring (bicyclic) bond motifs is 1. The maximum Gasteiger partial charge on any atom is 0.337 e. The van der Waals surface area contributed by atoms with Gasteiger partial charge in [-0.1, -0.05) is 24.3 Å². The van der Waals surface area contributed by atoms with Crippen LogP contribution < -0.4 is 10.2 Å². The van der Waals surface area contributed by atoms with Crippen LogP contribution >= 0.6 is 0 Å². The number of aromatic nitrogens is 4. The Morgan fingerprint density at radius 2 is 1.71 bits per heavy atom. The Morgan fingerprint density at radius 3 is 2.37 bits per heavy atom. The molecule has 4 rings (SSSR count). The van der Waals surface area contributed by atoms with E-state index in [1.165, 1.54) is 16.7 Å². The Morgan fingerprint density at radius 1 is 1.03 bits per heavy atom. The summed E-state index contributed by atoms with van der Waals surface area (Å²) in [5.41, 5.74) is 2.18. The number of hydrogen-bond donors (Lipinski definition) is 1. The van der Waals surface area contributed by atoms with Crippen LogP contribution in [0.2, 0.25) is 0 Å². The van der Waals surface area contributed by atoms with Gasteiger partial charge in [-0.3, -0.25) is 19.5 Å². The Hall–Kier alpha value is -4.60. The molecule has 1 unspecified atom stereocenters. The summed E-state index contributed by atoms with van der Waals surface area (Å²) in [6, 6.07) is 16.1. The van der Waals surface area contributed by atoms with E-state index in [0.717, 1.165) is 0 Å². The van der Waals surface area contributed by atoms with Gasteiger partial charge in [0.2, 0.25) is 11.8 Å². The van der Waals surface area contributed by atoms with Gasteiger partial charge < -0.3 is 10.1 Å². The van der Waals surface area contributed by atoms with Gasteiger partial charge >= 0.3 is 5.97 Å². The van der Waals surface area contributed by atoms with E-state index in [4.69, 9.17) is 4.74 Å². The monoisotopic (exact) mass is 514 g/mol. The van der Waals surface area contributed by atoms with Crippen LogP contribution in [0, 0.1) is 0 Å². The number of pyridine rings is 1. The van der Waals surface area contributed by atoms with Crippen molar-refractivity contribution in [2.24, 2.45) is 0 Å². The van der Waals surface area contributed by atoms with Crippen LogP contribution in [0.15, 0.2) is 73.1 Å². The van der Waals surface area contributed by atoms with E-state index >= 15 is 0 Å². The number of nitrogens with one attached hydrogen (secondary N) is 1. The van der Waals surface area contributed by atoms with Gasteiger partial charge in [0.1, 0.15) is 18.1 Å². The summed E-state index contributed by atoms with van der Waals surface area (Å²) in [6.07, 6.45) is 3.84. The molecule has 0 bridgehead atoms. The summed E-state index contributed by atoms with van der Waals surface area (Å²) in [5.74, 6) is -1.24. The third-order valence-electron chi connectivity index (χ3n) is 6.41. The number of nitrogens with zero attached hydrogens (tertiary/aromatic N) is 5. The van der Waals surface area contributed by atoms with Gasteiger partial charge in [0.25, 0.3) is 0 Å². The van der Waals surface area contributed by atoms with Gasteiger partial charge in [0, 0.05) is 23.6 Å². The molecule has 0 spiro atoms. The first-order chi connectivity index (χ1) is 18.2. The zero-order valence-corrected chi connectivity index (χ0v) is 21.8. The molecular formula is C28H30N6O4. The van der Waals surface area contributed by atoms with Crippen molar-refractivity contribution < 1.29 is 19.1 Å². The van der Waals surface area contributed by atoms with Crippen LogP contribution in [0.3, 0.4) is 0 Å². The van der Waals surface area contributed by atoms with E-state index in [-0.39, 0.29) is 12.5 Å². The number of methoxy groups -OCH3 is 1. The summed E-state index contributed by atoms with van der Waals surface area (Å²) < 4.78 is 6.31. The van der Waals surface area contributed by atoms with Gasteiger partial charge in [-0.2, -0.15) is 0 Å². The number of rotatable bonds is 9. The fraction of sp³-hybridized carbons (Fsp3) is 0.286. The molecule has 38 heavy (non-hydrogen) atoms. The molecule has 196 valence electrons. The van der Waals surface area contributed by atoms with E-state index in [9.17, 15) is 14.4 Å². The molecule has 2 aromatic carbocycles. The molecule has 2 amide bonds. The van der Waals surface area contributed by atoms with E-state index in [1.54, 1.807) is 48.8 Å². The number of benzene rings is 2. The smallest absolute Gasteiger partial charge is 0.337 e. The number of para-hydroxylation sites is 1. The number of carbonyl (C=O) groups is 3. The molecule has 10 heteroatoms. The van der Waals surface area contributed by atoms with Gasteiger partial charge in [-0.25, -0.2) is 9.48 Å². The number of carbonyl (C=O) groups excluding carboxylic acids is 3. The largest absolute Gasteiger partial charge is 0.465 e. The van der Waals surface area contributed by atoms with Gasteiger partial charge in [0.05, 0.1) is 18.2 Å². The Bertz CT molecular complexity index is 1430. The van der Waals surface area contributed by atoms with Crippen LogP contribution in [-0.2, 0) is 20.9 Å². The minimum Gasteiger partial charge on any atom is -0.465 e. The van der Waals surface area contributed by atoms with Crippen molar-refractivity contribution in [3.05, 3.63) is 84.2 Å². The second-order valence-corrected chi connectivity index (χ2v) is 9.45. The summed E-state index contributed by atoms with van der Waals surface area (Å²) in [4.78, 5) is 45.4. The van der Waals surface area contributed by atoms with Crippen LogP contribution in [-0.4, -0.2) is 50.4 Å². The molecule has 0 radical (unpaired) electrons. The normalized spacial score (nSPS) is 12.1. The minimum atomic E-state index is -1.02. The van der Waals surface area contributed by atoms with Gasteiger partial charge in [-0.05, 0) is 74.4 Å². The summed E-state index contributed by atoms with van der Waals surface area (Å²) in [7, 11) is 1.30. The highest BCUT2D eigenvalue weighted by Gasteiger charge is 2.35. The van der Waals surface area contributed by atoms with Crippen molar-refractivity contribution in [1.29, 1.82) is 0 Å². The molecule has 0 aliphatic carbocycles. The van der Waals surface area contributed by atoms with E-state index in [2.05, 4.69) is 20.6 Å². The lowest BCUT2D eigenvalue weighted by Gasteiger charge is -2.34. The van der Waals surface area contributed by atoms with Crippen molar-refractivity contribution in [3.8, 4) is 0 Å². The average molecular weight is 515 g/mol. The van der Waals surface area contributed by atoms with Crippen LogP contribution in [0.5, 0.6) is 0 Å². The molecule has 0 aliphatic heterocycles. The first-order valence-electron chi connectivity index (χ1n) is 12.2. The van der Waals surface area contributed by atoms with Crippen LogP contribution in [0.4, 0.5) is 5.69 Å². The zero-order valence-electron chi connectivity index (χ0n) is 21.8. The average Bonchev–Trinajstić information content (AvgIpc) is 3.34. The number of esters is 1. The first-order valence-corrected chi connectivity index (χ1v) is 12.2. The highest BCUT2D eigenvalue weighted by atomic mass is 16.5. The highest BCUT2D eigenvalue weighted by Crippen LogP contribution is 2.30. The van der Waals surface area contributed by atoms with Crippen molar-refractivity contribution in [2.45, 2.75) is 45.3 Å². The molecule has 0 fully saturated rings. The Kier molecular flexibility index (Phi) is 7.80. The number of ether oxygens (including phenoxy) is 1. The van der Waals surface area contributed by atoms with E-state index in [0.29, 0.717) is 34.3 Å². The Balaban J connectivity index is 1.81. The zero-order chi connectivity index (χ0) is 27.3. The summed E-state index contributed by atoms with van der Waals surface area (Å²) in [6.45, 7) is 5.66. The van der Waals surface area contributed by atoms with Crippen molar-refractivity contribution in [3.63, 3.8) is 0 Å². The fourth-order valence-corrected chi connectivity index (χ4v) is 4.01. The predicted molar refractivity (Wildman–Crippen MR) is 142 cm³/mol. The third kappa shape index (κ3) is 5.69. The van der Waals surface area contributed by atoms with Crippen molar-refractivity contribution in [2.75, 3.05) is 12.0 Å². The molecule has 4 aromatic rings. The quantitative estimate of drug-likeness (QED) is 0.338. The SMILES string of the molecule is CCC(C)(C)NC(=O)C(c1ccncc1)N(C(=O)Cn1nnc2ccccc21)c1ccc(C(=O)OC)cc1. The topological polar surface area (TPSA) is 119 Å². The molecule has 1 N–H and O–H groups in total. The number of amides is 2. The lowest BCUT2D eigenvalue weighted by atomic mass is 9.98. The second kappa shape index (κ2) is 11.2. The number of anilines is 1. The van der Waals surface area contributed by atoms with Crippen LogP contribution in [0.1, 0.15) is 49.2 Å². The lowest BCUT2D eigenvalue weighted by Crippen LogP contribution is -2.51. The van der Waals surface area contributed by atoms with Gasteiger partial charge in [-0.15, -0.1) is 5.10 Å². The Labute approximate surface area is 220 Å². The lowest BCUT2D eigenvalue weighted by molar-refractivity contribution is -0.128. The van der Waals surface area contributed by atoms with E-state index < -0.39 is 23.5 Å². The molecule has 0 saturated heterocycles. The first kappa shape index (κ1) is 26.5. The third-order valence-corrected chi connectivity index (χ3v) is 6.41. The highest BCUT2D eigenvalue weighted by molar-refractivity contribution is 6.02. The predicted octanol–water partition coefficient (Wildman–Crippen LogP) is 3.69. The molecule has 10 nitrogen and oxygen atoms in total. The molecule has 0 saturated carbocycles. The van der Waals surface area contributed by atoms with Gasteiger partial charge in [0.15, 0.2) is 0 Å². The molecule has 1 atom stereocenters. The van der Waals surface area contributed by atoms with Crippen molar-refractivity contribution in [1.82, 2.24) is 25.3 Å². The molecule has 2 heterocycles. The van der Waals surface area contributed by atoms with Crippen LogP contribution in [0.25, 0.3) is 11.0 Å². The number of hydrogen-bond acceptors (Lipinski definition) is 7. The fourth-order valence-electron chi connectivity index (χ4n) is 4.01. The standard InChI is InChI=1S/C28H30N6O4/c1-5-28(2,3)30-26(36)25(19-14-16-29-17-15-19)34(21-12-10-20(11-13-21)27(37)38-4)24(35)18-33-23-9-7-6-8-22(23)31-32-33/h6-17,25H,5,18H2,1-4H3,(H,30,36).